The lowest BCUT2D eigenvalue weighted by Crippen LogP contribution is -2.01. The topological polar surface area (TPSA) is 43.1 Å². The van der Waals surface area contributed by atoms with Crippen LogP contribution < -0.4 is 5.73 Å². The van der Waals surface area contributed by atoms with Crippen LogP contribution in [-0.4, -0.2) is 4.21 Å². The summed E-state index contributed by atoms with van der Waals surface area (Å²) >= 11 is 6.08. The van der Waals surface area contributed by atoms with Gasteiger partial charge < -0.3 is 5.73 Å². The van der Waals surface area contributed by atoms with Crippen LogP contribution in [0.1, 0.15) is 11.1 Å². The highest BCUT2D eigenvalue weighted by atomic mass is 35.5. The molecule has 2 aromatic carbocycles. The number of rotatable bonds is 3. The van der Waals surface area contributed by atoms with E-state index in [0.717, 1.165) is 16.0 Å². The predicted molar refractivity (Wildman–Crippen MR) is 77.2 cm³/mol. The smallest absolute Gasteiger partial charge is 0.0575 e. The molecule has 1 atom stereocenters. The molecule has 2 aromatic rings. The van der Waals surface area contributed by atoms with E-state index in [-0.39, 0.29) is 0 Å². The molecule has 0 spiro atoms. The lowest BCUT2D eigenvalue weighted by molar-refractivity contribution is 0.682. The first-order valence-corrected chi connectivity index (χ1v) is 7.25. The molecule has 2 N–H and O–H groups in total. The highest BCUT2D eigenvalue weighted by Crippen LogP contribution is 2.25. The van der Waals surface area contributed by atoms with Crippen molar-refractivity contribution in [3.8, 4) is 0 Å². The first-order valence-electron chi connectivity index (χ1n) is 5.56. The maximum Gasteiger partial charge on any atom is 0.0575 e. The van der Waals surface area contributed by atoms with E-state index in [1.807, 2.05) is 31.2 Å². The SMILES string of the molecule is Cc1cccc(S(=O)Cc2c(N)cccc2Cl)c1. The molecule has 0 aliphatic heterocycles. The summed E-state index contributed by atoms with van der Waals surface area (Å²) < 4.78 is 12.3. The molecule has 2 rings (SSSR count). The fourth-order valence-corrected chi connectivity index (χ4v) is 3.33. The maximum absolute atomic E-state index is 12.3. The summed E-state index contributed by atoms with van der Waals surface area (Å²) in [6.07, 6.45) is 0. The van der Waals surface area contributed by atoms with Gasteiger partial charge in [-0.05, 0) is 36.8 Å². The fraction of sp³-hybridized carbons (Fsp3) is 0.143. The van der Waals surface area contributed by atoms with Crippen molar-refractivity contribution >= 4 is 28.1 Å². The van der Waals surface area contributed by atoms with Crippen LogP contribution in [-0.2, 0) is 16.6 Å². The van der Waals surface area contributed by atoms with Crippen molar-refractivity contribution in [1.29, 1.82) is 0 Å². The Kier molecular flexibility index (Phi) is 4.04. The first-order chi connectivity index (χ1) is 8.58. The average Bonchev–Trinajstić information content (AvgIpc) is 2.34. The largest absolute Gasteiger partial charge is 0.398 e. The second-order valence-corrected chi connectivity index (χ2v) is 5.97. The summed E-state index contributed by atoms with van der Waals surface area (Å²) in [5.74, 6) is 0.342. The van der Waals surface area contributed by atoms with Gasteiger partial charge in [0.25, 0.3) is 0 Å². The molecular formula is C14H14ClNOS. The maximum atomic E-state index is 12.3. The van der Waals surface area contributed by atoms with E-state index in [9.17, 15) is 4.21 Å². The molecule has 0 aliphatic rings. The Hall–Kier alpha value is -1.32. The van der Waals surface area contributed by atoms with Crippen LogP contribution in [0.25, 0.3) is 0 Å². The standard InChI is InChI=1S/C14H14ClNOS/c1-10-4-2-5-11(8-10)18(17)9-12-13(15)6-3-7-14(12)16/h2-8H,9,16H2,1H3. The van der Waals surface area contributed by atoms with Crippen molar-refractivity contribution in [2.45, 2.75) is 17.6 Å². The Morgan fingerprint density at radius 1 is 1.22 bits per heavy atom. The molecular weight excluding hydrogens is 266 g/mol. The van der Waals surface area contributed by atoms with Gasteiger partial charge in [0.1, 0.15) is 0 Å². The zero-order chi connectivity index (χ0) is 13.1. The highest BCUT2D eigenvalue weighted by Gasteiger charge is 2.10. The van der Waals surface area contributed by atoms with E-state index in [0.29, 0.717) is 16.5 Å². The second-order valence-electron chi connectivity index (χ2n) is 4.11. The Balaban J connectivity index is 2.27. The number of nitrogen functional groups attached to an aromatic ring is 1. The lowest BCUT2D eigenvalue weighted by Gasteiger charge is -2.08. The molecule has 1 unspecified atom stereocenters. The third-order valence-electron chi connectivity index (χ3n) is 2.68. The second kappa shape index (κ2) is 5.55. The molecule has 0 aliphatic carbocycles. The van der Waals surface area contributed by atoms with Gasteiger partial charge in [-0.3, -0.25) is 4.21 Å². The van der Waals surface area contributed by atoms with Gasteiger partial charge >= 0.3 is 0 Å². The van der Waals surface area contributed by atoms with Gasteiger partial charge in [0.15, 0.2) is 0 Å². The van der Waals surface area contributed by atoms with Gasteiger partial charge in [-0.15, -0.1) is 0 Å². The van der Waals surface area contributed by atoms with Crippen molar-refractivity contribution in [2.75, 3.05) is 5.73 Å². The average molecular weight is 280 g/mol. The molecule has 0 saturated heterocycles. The molecule has 0 saturated carbocycles. The van der Waals surface area contributed by atoms with Crippen molar-refractivity contribution in [1.82, 2.24) is 0 Å². The van der Waals surface area contributed by atoms with E-state index in [2.05, 4.69) is 0 Å². The van der Waals surface area contributed by atoms with Crippen molar-refractivity contribution in [2.24, 2.45) is 0 Å². The number of anilines is 1. The van der Waals surface area contributed by atoms with E-state index < -0.39 is 10.8 Å². The Morgan fingerprint density at radius 3 is 2.61 bits per heavy atom. The molecule has 0 heterocycles. The summed E-state index contributed by atoms with van der Waals surface area (Å²) in [6, 6.07) is 13.0. The van der Waals surface area contributed by atoms with Crippen LogP contribution in [0.4, 0.5) is 5.69 Å². The van der Waals surface area contributed by atoms with Crippen LogP contribution in [0.2, 0.25) is 5.02 Å². The molecule has 0 aromatic heterocycles. The van der Waals surface area contributed by atoms with Crippen LogP contribution in [0.5, 0.6) is 0 Å². The van der Waals surface area contributed by atoms with Crippen molar-refractivity contribution in [3.63, 3.8) is 0 Å². The number of nitrogens with two attached hydrogens (primary N) is 1. The Morgan fingerprint density at radius 2 is 1.94 bits per heavy atom. The molecule has 0 amide bonds. The highest BCUT2D eigenvalue weighted by molar-refractivity contribution is 7.84. The minimum Gasteiger partial charge on any atom is -0.398 e. The van der Waals surface area contributed by atoms with Crippen molar-refractivity contribution in [3.05, 3.63) is 58.6 Å². The van der Waals surface area contributed by atoms with Gasteiger partial charge in [0.2, 0.25) is 0 Å². The van der Waals surface area contributed by atoms with Crippen LogP contribution in [0, 0.1) is 6.92 Å². The van der Waals surface area contributed by atoms with Gasteiger partial charge in [0, 0.05) is 21.2 Å². The van der Waals surface area contributed by atoms with Gasteiger partial charge in [-0.2, -0.15) is 0 Å². The van der Waals surface area contributed by atoms with E-state index in [1.165, 1.54) is 0 Å². The fourth-order valence-electron chi connectivity index (χ4n) is 1.70. The normalized spacial score (nSPS) is 12.3. The lowest BCUT2D eigenvalue weighted by atomic mass is 10.2. The van der Waals surface area contributed by atoms with Crippen LogP contribution >= 0.6 is 11.6 Å². The summed E-state index contributed by atoms with van der Waals surface area (Å²) in [4.78, 5) is 0.800. The molecule has 0 bridgehead atoms. The zero-order valence-electron chi connectivity index (χ0n) is 10.0. The number of benzene rings is 2. The Bertz CT molecular complexity index is 578. The van der Waals surface area contributed by atoms with Gasteiger partial charge in [0.05, 0.1) is 16.6 Å². The van der Waals surface area contributed by atoms with E-state index >= 15 is 0 Å². The monoisotopic (exact) mass is 279 g/mol. The Labute approximate surface area is 114 Å². The number of aryl methyl sites for hydroxylation is 1. The zero-order valence-corrected chi connectivity index (χ0v) is 11.6. The minimum atomic E-state index is -1.13. The summed E-state index contributed by atoms with van der Waals surface area (Å²) in [7, 11) is -1.13. The molecule has 18 heavy (non-hydrogen) atoms. The first kappa shape index (κ1) is 13.1. The number of halogens is 1. The number of hydrogen-bond acceptors (Lipinski definition) is 2. The van der Waals surface area contributed by atoms with Gasteiger partial charge in [-0.25, -0.2) is 0 Å². The molecule has 94 valence electrons. The third kappa shape index (κ3) is 2.92. The minimum absolute atomic E-state index is 0.342. The van der Waals surface area contributed by atoms with Crippen LogP contribution in [0.3, 0.4) is 0 Å². The van der Waals surface area contributed by atoms with Gasteiger partial charge in [-0.1, -0.05) is 29.8 Å². The molecule has 0 radical (unpaired) electrons. The third-order valence-corrected chi connectivity index (χ3v) is 4.37. The quantitative estimate of drug-likeness (QED) is 0.874. The van der Waals surface area contributed by atoms with E-state index in [1.54, 1.807) is 18.2 Å². The molecule has 0 fully saturated rings. The summed E-state index contributed by atoms with van der Waals surface area (Å²) in [5.41, 5.74) is 8.29. The molecule has 4 heteroatoms. The summed E-state index contributed by atoms with van der Waals surface area (Å²) in [5, 5.41) is 0.566. The summed E-state index contributed by atoms with van der Waals surface area (Å²) in [6.45, 7) is 1.98. The number of hydrogen-bond donors (Lipinski definition) is 1. The van der Waals surface area contributed by atoms with E-state index in [4.69, 9.17) is 17.3 Å². The van der Waals surface area contributed by atoms with Crippen molar-refractivity contribution < 1.29 is 4.21 Å². The molecule has 2 nitrogen and oxygen atoms in total. The van der Waals surface area contributed by atoms with Crippen LogP contribution in [0.15, 0.2) is 47.4 Å². The predicted octanol–water partition coefficient (Wildman–Crippen LogP) is 3.54.